The summed E-state index contributed by atoms with van der Waals surface area (Å²) in [4.78, 5) is 23.6. The van der Waals surface area contributed by atoms with Gasteiger partial charge in [-0.1, -0.05) is 23.7 Å². The van der Waals surface area contributed by atoms with Crippen LogP contribution in [0.15, 0.2) is 48.5 Å². The van der Waals surface area contributed by atoms with E-state index >= 15 is 0 Å². The summed E-state index contributed by atoms with van der Waals surface area (Å²) in [7, 11) is 0. The lowest BCUT2D eigenvalue weighted by Crippen LogP contribution is -2.34. The van der Waals surface area contributed by atoms with Gasteiger partial charge in [0.1, 0.15) is 0 Å². The molecule has 2 aromatic rings. The van der Waals surface area contributed by atoms with Crippen molar-refractivity contribution in [3.05, 3.63) is 64.7 Å². The van der Waals surface area contributed by atoms with E-state index < -0.39 is 11.3 Å². The predicted molar refractivity (Wildman–Crippen MR) is 88.1 cm³/mol. The molecular formula is C17H17ClN2O2. The molecular weight excluding hydrogens is 300 g/mol. The Morgan fingerprint density at radius 3 is 2.27 bits per heavy atom. The second-order valence-electron chi connectivity index (χ2n) is 5.53. The molecule has 4 nitrogen and oxygen atoms in total. The van der Waals surface area contributed by atoms with E-state index in [1.54, 1.807) is 36.4 Å². The van der Waals surface area contributed by atoms with Crippen LogP contribution in [-0.4, -0.2) is 11.8 Å². The molecule has 0 fully saturated rings. The topological polar surface area (TPSA) is 72.2 Å². The second-order valence-corrected chi connectivity index (χ2v) is 5.97. The quantitative estimate of drug-likeness (QED) is 0.907. The minimum absolute atomic E-state index is 0.165. The van der Waals surface area contributed by atoms with E-state index in [0.29, 0.717) is 16.3 Å². The van der Waals surface area contributed by atoms with Gasteiger partial charge in [-0.05, 0) is 55.8 Å². The Morgan fingerprint density at radius 2 is 1.73 bits per heavy atom. The van der Waals surface area contributed by atoms with E-state index in [1.165, 1.54) is 0 Å². The van der Waals surface area contributed by atoms with Gasteiger partial charge in [-0.2, -0.15) is 0 Å². The largest absolute Gasteiger partial charge is 0.366 e. The van der Waals surface area contributed by atoms with Crippen LogP contribution in [0, 0.1) is 0 Å². The van der Waals surface area contributed by atoms with Gasteiger partial charge in [0.25, 0.3) is 0 Å². The zero-order chi connectivity index (χ0) is 16.3. The molecule has 0 aliphatic heterocycles. The number of amides is 2. The average Bonchev–Trinajstić information content (AvgIpc) is 2.47. The van der Waals surface area contributed by atoms with Crippen LogP contribution in [0.1, 0.15) is 29.8 Å². The highest BCUT2D eigenvalue weighted by Crippen LogP contribution is 2.27. The van der Waals surface area contributed by atoms with E-state index in [4.69, 9.17) is 17.3 Å². The first kappa shape index (κ1) is 16.0. The number of primary amides is 1. The van der Waals surface area contributed by atoms with Gasteiger partial charge in [0.2, 0.25) is 11.8 Å². The Kier molecular flexibility index (Phi) is 4.52. The van der Waals surface area contributed by atoms with E-state index in [-0.39, 0.29) is 5.91 Å². The summed E-state index contributed by atoms with van der Waals surface area (Å²) in [5, 5.41) is 3.42. The molecule has 0 aliphatic rings. The summed E-state index contributed by atoms with van der Waals surface area (Å²) in [5.74, 6) is -0.668. The summed E-state index contributed by atoms with van der Waals surface area (Å²) < 4.78 is 0. The number of hydrogen-bond donors (Lipinski definition) is 2. The first-order chi connectivity index (χ1) is 10.3. The molecule has 5 heteroatoms. The fourth-order valence-electron chi connectivity index (χ4n) is 2.01. The summed E-state index contributed by atoms with van der Waals surface area (Å²) in [6.45, 7) is 3.65. The molecule has 0 heterocycles. The zero-order valence-electron chi connectivity index (χ0n) is 12.4. The maximum Gasteiger partial charge on any atom is 0.248 e. The molecule has 0 spiro atoms. The predicted octanol–water partition coefficient (Wildman–Crippen LogP) is 3.36. The van der Waals surface area contributed by atoms with Crippen LogP contribution in [0.2, 0.25) is 5.02 Å². The van der Waals surface area contributed by atoms with Gasteiger partial charge in [0.05, 0.1) is 5.41 Å². The second kappa shape index (κ2) is 6.20. The van der Waals surface area contributed by atoms with Crippen molar-refractivity contribution in [2.24, 2.45) is 5.73 Å². The Hall–Kier alpha value is -2.33. The third kappa shape index (κ3) is 3.46. The van der Waals surface area contributed by atoms with Crippen molar-refractivity contribution in [3.63, 3.8) is 0 Å². The maximum absolute atomic E-state index is 12.5. The molecule has 0 bridgehead atoms. The average molecular weight is 317 g/mol. The van der Waals surface area contributed by atoms with Gasteiger partial charge in [0.15, 0.2) is 0 Å². The Labute approximate surface area is 134 Å². The fraction of sp³-hybridized carbons (Fsp3) is 0.176. The zero-order valence-corrected chi connectivity index (χ0v) is 13.1. The van der Waals surface area contributed by atoms with Crippen molar-refractivity contribution < 1.29 is 9.59 Å². The van der Waals surface area contributed by atoms with Crippen molar-refractivity contribution in [2.75, 3.05) is 5.32 Å². The van der Waals surface area contributed by atoms with Gasteiger partial charge in [-0.3, -0.25) is 9.59 Å². The van der Waals surface area contributed by atoms with Crippen LogP contribution in [0.25, 0.3) is 0 Å². The van der Waals surface area contributed by atoms with Crippen molar-refractivity contribution in [1.82, 2.24) is 0 Å². The van der Waals surface area contributed by atoms with Crippen molar-refractivity contribution in [3.8, 4) is 0 Å². The van der Waals surface area contributed by atoms with Crippen molar-refractivity contribution >= 4 is 29.1 Å². The van der Waals surface area contributed by atoms with Crippen LogP contribution in [0.5, 0.6) is 0 Å². The Bertz CT molecular complexity index is 709. The molecule has 0 aromatic heterocycles. The lowest BCUT2D eigenvalue weighted by Gasteiger charge is -2.24. The first-order valence-corrected chi connectivity index (χ1v) is 7.16. The molecule has 0 radical (unpaired) electrons. The van der Waals surface area contributed by atoms with Crippen LogP contribution in [0.4, 0.5) is 5.69 Å². The fourth-order valence-corrected chi connectivity index (χ4v) is 2.20. The van der Waals surface area contributed by atoms with Crippen molar-refractivity contribution in [2.45, 2.75) is 19.3 Å². The first-order valence-electron chi connectivity index (χ1n) is 6.78. The van der Waals surface area contributed by atoms with Gasteiger partial charge < -0.3 is 11.1 Å². The minimum atomic E-state index is -0.743. The van der Waals surface area contributed by atoms with Gasteiger partial charge in [-0.25, -0.2) is 0 Å². The number of nitrogens with two attached hydrogens (primary N) is 1. The monoisotopic (exact) mass is 316 g/mol. The standard InChI is InChI=1S/C17H17ClN2O2/c1-17(2,12-4-3-5-13(18)10-12)16(22)20-14-8-6-11(7-9-14)15(19)21/h3-10H,1-2H3,(H2,19,21)(H,20,22). The van der Waals surface area contributed by atoms with Crippen LogP contribution >= 0.6 is 11.6 Å². The highest BCUT2D eigenvalue weighted by molar-refractivity contribution is 6.30. The molecule has 2 aromatic carbocycles. The molecule has 22 heavy (non-hydrogen) atoms. The Balaban J connectivity index is 2.18. The number of anilines is 1. The third-order valence-corrected chi connectivity index (χ3v) is 3.78. The molecule has 2 amide bonds. The summed E-state index contributed by atoms with van der Waals surface area (Å²) in [6, 6.07) is 13.7. The van der Waals surface area contributed by atoms with Crippen LogP contribution < -0.4 is 11.1 Å². The highest BCUT2D eigenvalue weighted by atomic mass is 35.5. The molecule has 0 unspecified atom stereocenters. The smallest absolute Gasteiger partial charge is 0.248 e. The summed E-state index contributed by atoms with van der Waals surface area (Å²) in [6.07, 6.45) is 0. The number of hydrogen-bond acceptors (Lipinski definition) is 2. The van der Waals surface area contributed by atoms with E-state index in [2.05, 4.69) is 5.32 Å². The third-order valence-electron chi connectivity index (χ3n) is 3.54. The van der Waals surface area contributed by atoms with E-state index in [0.717, 1.165) is 5.56 Å². The number of nitrogens with one attached hydrogen (secondary N) is 1. The lowest BCUT2D eigenvalue weighted by atomic mass is 9.83. The van der Waals surface area contributed by atoms with Crippen LogP contribution in [-0.2, 0) is 10.2 Å². The molecule has 0 saturated heterocycles. The normalized spacial score (nSPS) is 11.0. The van der Waals surface area contributed by atoms with Crippen molar-refractivity contribution in [1.29, 1.82) is 0 Å². The molecule has 0 atom stereocenters. The highest BCUT2D eigenvalue weighted by Gasteiger charge is 2.30. The molecule has 3 N–H and O–H groups in total. The summed E-state index contributed by atoms with van der Waals surface area (Å²) >= 11 is 5.99. The minimum Gasteiger partial charge on any atom is -0.366 e. The number of benzene rings is 2. The van der Waals surface area contributed by atoms with E-state index in [1.807, 2.05) is 26.0 Å². The number of halogens is 1. The maximum atomic E-state index is 12.5. The van der Waals surface area contributed by atoms with Gasteiger partial charge >= 0.3 is 0 Å². The molecule has 2 rings (SSSR count). The number of carbonyl (C=O) groups excluding carboxylic acids is 2. The molecule has 0 saturated carbocycles. The molecule has 114 valence electrons. The lowest BCUT2D eigenvalue weighted by molar-refractivity contribution is -0.120. The SMILES string of the molecule is CC(C)(C(=O)Nc1ccc(C(N)=O)cc1)c1cccc(Cl)c1. The summed E-state index contributed by atoms with van der Waals surface area (Å²) in [5.41, 5.74) is 6.27. The van der Waals surface area contributed by atoms with Gasteiger partial charge in [-0.15, -0.1) is 0 Å². The molecule has 0 aliphatic carbocycles. The van der Waals surface area contributed by atoms with Crippen LogP contribution in [0.3, 0.4) is 0 Å². The number of carbonyl (C=O) groups is 2. The van der Waals surface area contributed by atoms with E-state index in [9.17, 15) is 9.59 Å². The number of rotatable bonds is 4. The Morgan fingerprint density at radius 1 is 1.09 bits per heavy atom. The van der Waals surface area contributed by atoms with Gasteiger partial charge in [0, 0.05) is 16.3 Å².